The third-order valence-corrected chi connectivity index (χ3v) is 8.40. The van der Waals surface area contributed by atoms with Gasteiger partial charge in [0.05, 0.1) is 0 Å². The van der Waals surface area contributed by atoms with Gasteiger partial charge in [0.2, 0.25) is 0 Å². The quantitative estimate of drug-likeness (QED) is 0.233. The average Bonchev–Trinajstić information content (AvgIpc) is 3.56. The number of benzene rings is 5. The number of para-hydroxylation sites is 1. The first-order chi connectivity index (χ1) is 19.2. The summed E-state index contributed by atoms with van der Waals surface area (Å²) in [7, 11) is 0. The number of fused-ring (bicyclic) bond motifs is 6. The first-order valence-electron chi connectivity index (χ1n) is 12.9. The Morgan fingerprint density at radius 3 is 2.10 bits per heavy atom. The molecule has 0 spiro atoms. The summed E-state index contributed by atoms with van der Waals surface area (Å²) in [4.78, 5) is 15.0. The molecule has 0 radical (unpaired) electrons. The summed E-state index contributed by atoms with van der Waals surface area (Å²) < 4.78 is 8.68. The second-order valence-corrected chi connectivity index (χ2v) is 10.8. The molecule has 0 saturated heterocycles. The predicted octanol–water partition coefficient (Wildman–Crippen LogP) is 9.45. The zero-order valence-corrected chi connectivity index (χ0v) is 21.9. The van der Waals surface area contributed by atoms with E-state index in [9.17, 15) is 0 Å². The minimum atomic E-state index is 0.620. The van der Waals surface area contributed by atoms with Crippen molar-refractivity contribution in [2.45, 2.75) is 6.92 Å². The van der Waals surface area contributed by atoms with Gasteiger partial charge in [0.15, 0.2) is 17.5 Å². The van der Waals surface area contributed by atoms with Crippen molar-refractivity contribution in [2.24, 2.45) is 0 Å². The summed E-state index contributed by atoms with van der Waals surface area (Å²) in [6, 6.07) is 37.3. The van der Waals surface area contributed by atoms with Gasteiger partial charge in [-0.2, -0.15) is 0 Å². The lowest BCUT2D eigenvalue weighted by Crippen LogP contribution is -2.00. The van der Waals surface area contributed by atoms with Crippen molar-refractivity contribution in [2.75, 3.05) is 0 Å². The predicted molar refractivity (Wildman–Crippen MR) is 161 cm³/mol. The minimum absolute atomic E-state index is 0.620. The van der Waals surface area contributed by atoms with Gasteiger partial charge in [-0.1, -0.05) is 78.9 Å². The van der Waals surface area contributed by atoms with Gasteiger partial charge in [-0.3, -0.25) is 0 Å². The fourth-order valence-corrected chi connectivity index (χ4v) is 6.64. The molecule has 0 aliphatic rings. The molecule has 5 aromatic carbocycles. The minimum Gasteiger partial charge on any atom is -0.456 e. The molecule has 5 heteroatoms. The van der Waals surface area contributed by atoms with Gasteiger partial charge in [-0.25, -0.2) is 15.0 Å². The Kier molecular flexibility index (Phi) is 4.87. The first kappa shape index (κ1) is 22.1. The van der Waals surface area contributed by atoms with E-state index in [-0.39, 0.29) is 0 Å². The molecule has 0 bridgehead atoms. The summed E-state index contributed by atoms with van der Waals surface area (Å²) >= 11 is 1.81. The van der Waals surface area contributed by atoms with Crippen LogP contribution in [-0.2, 0) is 0 Å². The third-order valence-electron chi connectivity index (χ3n) is 7.28. The Balaban J connectivity index is 1.40. The molecule has 0 fully saturated rings. The van der Waals surface area contributed by atoms with E-state index in [1.807, 2.05) is 54.6 Å². The van der Waals surface area contributed by atoms with Crippen molar-refractivity contribution in [1.82, 2.24) is 15.0 Å². The molecule has 39 heavy (non-hydrogen) atoms. The van der Waals surface area contributed by atoms with E-state index in [1.165, 1.54) is 25.7 Å². The zero-order valence-electron chi connectivity index (χ0n) is 21.1. The van der Waals surface area contributed by atoms with Gasteiger partial charge in [0.1, 0.15) is 11.2 Å². The lowest BCUT2D eigenvalue weighted by molar-refractivity contribution is 0.669. The molecule has 3 aromatic heterocycles. The van der Waals surface area contributed by atoms with Gasteiger partial charge >= 0.3 is 0 Å². The molecular weight excluding hydrogens is 498 g/mol. The van der Waals surface area contributed by atoms with Crippen LogP contribution < -0.4 is 0 Å². The van der Waals surface area contributed by atoms with Crippen LogP contribution in [0.4, 0.5) is 0 Å². The first-order valence-corrected chi connectivity index (χ1v) is 13.7. The number of nitrogens with zero attached hydrogens (tertiary/aromatic N) is 3. The number of hydrogen-bond acceptors (Lipinski definition) is 5. The normalized spacial score (nSPS) is 11.7. The second kappa shape index (κ2) is 8.58. The molecule has 0 amide bonds. The Labute approximate surface area is 228 Å². The maximum atomic E-state index is 6.18. The van der Waals surface area contributed by atoms with Gasteiger partial charge in [0, 0.05) is 47.6 Å². The molecule has 0 unspecified atom stereocenters. The maximum absolute atomic E-state index is 6.18. The van der Waals surface area contributed by atoms with Gasteiger partial charge in [0.25, 0.3) is 0 Å². The van der Waals surface area contributed by atoms with Crippen LogP contribution in [0.15, 0.2) is 114 Å². The molecule has 0 aliphatic carbocycles. The van der Waals surface area contributed by atoms with Crippen molar-refractivity contribution in [3.8, 4) is 34.2 Å². The van der Waals surface area contributed by atoms with Crippen LogP contribution in [0.3, 0.4) is 0 Å². The summed E-state index contributed by atoms with van der Waals surface area (Å²) in [5, 5.41) is 4.64. The second-order valence-electron chi connectivity index (χ2n) is 9.71. The zero-order chi connectivity index (χ0) is 25.9. The van der Waals surface area contributed by atoms with E-state index >= 15 is 0 Å². The number of thiophene rings is 1. The van der Waals surface area contributed by atoms with Crippen molar-refractivity contribution >= 4 is 53.4 Å². The van der Waals surface area contributed by atoms with Crippen LogP contribution in [0.2, 0.25) is 0 Å². The van der Waals surface area contributed by atoms with E-state index in [0.717, 1.165) is 38.6 Å². The van der Waals surface area contributed by atoms with E-state index < -0.39 is 0 Å². The highest BCUT2D eigenvalue weighted by Gasteiger charge is 2.18. The van der Waals surface area contributed by atoms with Crippen LogP contribution in [0.25, 0.3) is 76.3 Å². The van der Waals surface area contributed by atoms with Crippen molar-refractivity contribution in [1.29, 1.82) is 0 Å². The van der Waals surface area contributed by atoms with E-state index in [1.54, 1.807) is 11.3 Å². The van der Waals surface area contributed by atoms with Gasteiger partial charge < -0.3 is 4.42 Å². The maximum Gasteiger partial charge on any atom is 0.164 e. The lowest BCUT2D eigenvalue weighted by Gasteiger charge is -2.10. The summed E-state index contributed by atoms with van der Waals surface area (Å²) in [6.45, 7) is 2.17. The molecule has 4 nitrogen and oxygen atoms in total. The molecule has 0 aliphatic heterocycles. The Morgan fingerprint density at radius 2 is 1.23 bits per heavy atom. The molecule has 0 atom stereocenters. The molecule has 0 saturated carbocycles. The summed E-state index contributed by atoms with van der Waals surface area (Å²) in [5.41, 5.74) is 5.79. The third kappa shape index (κ3) is 3.55. The number of rotatable bonds is 3. The van der Waals surface area contributed by atoms with E-state index in [2.05, 4.69) is 61.5 Å². The highest BCUT2D eigenvalue weighted by atomic mass is 32.1. The largest absolute Gasteiger partial charge is 0.456 e. The fourth-order valence-electron chi connectivity index (χ4n) is 5.43. The molecule has 3 heterocycles. The van der Waals surface area contributed by atoms with Crippen LogP contribution in [0.1, 0.15) is 5.56 Å². The fraction of sp³-hybridized carbons (Fsp3) is 0.0294. The van der Waals surface area contributed by atoms with Gasteiger partial charge in [-0.05, 0) is 42.8 Å². The van der Waals surface area contributed by atoms with Crippen LogP contribution in [0.5, 0.6) is 0 Å². The number of aromatic nitrogens is 3. The Morgan fingerprint density at radius 1 is 0.538 bits per heavy atom. The molecule has 0 N–H and O–H groups in total. The molecule has 8 aromatic rings. The van der Waals surface area contributed by atoms with Crippen molar-refractivity contribution in [3.05, 3.63) is 115 Å². The average molecular weight is 520 g/mol. The number of furan rings is 1. The van der Waals surface area contributed by atoms with E-state index in [0.29, 0.717) is 17.5 Å². The highest BCUT2D eigenvalue weighted by Crippen LogP contribution is 2.41. The SMILES string of the molecule is Cc1cccc2sc3cccc(-c4nc(-c5ccccc5)nc(-c5ccc6c(c5)oc5ccccc56)n4)c3c12. The highest BCUT2D eigenvalue weighted by molar-refractivity contribution is 7.26. The van der Waals surface area contributed by atoms with Crippen molar-refractivity contribution in [3.63, 3.8) is 0 Å². The molecule has 184 valence electrons. The Hall–Kier alpha value is -4.87. The van der Waals surface area contributed by atoms with Crippen molar-refractivity contribution < 1.29 is 4.42 Å². The standard InChI is InChI=1S/C34H21N3OS/c1-20-9-7-15-28-30(20)31-25(13-8-16-29(31)39-28)34-36-32(21-10-3-2-4-11-21)35-33(37-34)22-17-18-24-23-12-5-6-14-26(23)38-27(24)19-22/h2-19H,1H3. The lowest BCUT2D eigenvalue weighted by atomic mass is 10.0. The molecule has 8 rings (SSSR count). The van der Waals surface area contributed by atoms with Crippen LogP contribution in [0, 0.1) is 6.92 Å². The number of hydrogen-bond donors (Lipinski definition) is 0. The molecular formula is C34H21N3OS. The Bertz CT molecular complexity index is 2190. The summed E-state index contributed by atoms with van der Waals surface area (Å²) in [5.74, 6) is 1.93. The monoisotopic (exact) mass is 519 g/mol. The summed E-state index contributed by atoms with van der Waals surface area (Å²) in [6.07, 6.45) is 0. The van der Waals surface area contributed by atoms with E-state index in [4.69, 9.17) is 19.4 Å². The smallest absolute Gasteiger partial charge is 0.164 e. The van der Waals surface area contributed by atoms with Gasteiger partial charge in [-0.15, -0.1) is 11.3 Å². The van der Waals surface area contributed by atoms with Crippen LogP contribution in [-0.4, -0.2) is 15.0 Å². The van der Waals surface area contributed by atoms with Crippen LogP contribution >= 0.6 is 11.3 Å². The topological polar surface area (TPSA) is 51.8 Å². The number of aryl methyl sites for hydroxylation is 1.